The average Bonchev–Trinajstić information content (AvgIpc) is 2.46. The molecule has 1 aromatic carbocycles. The summed E-state index contributed by atoms with van der Waals surface area (Å²) in [5.74, 6) is -0.570. The Morgan fingerprint density at radius 2 is 2.26 bits per heavy atom. The summed E-state index contributed by atoms with van der Waals surface area (Å²) in [6, 6.07) is 4.18. The van der Waals surface area contributed by atoms with E-state index in [0.29, 0.717) is 11.3 Å². The maximum Gasteiger partial charge on any atom is 0.172 e. The highest BCUT2D eigenvalue weighted by Gasteiger charge is 2.24. The highest BCUT2D eigenvalue weighted by atomic mass is 19.1. The van der Waals surface area contributed by atoms with Crippen LogP contribution in [0.3, 0.4) is 0 Å². The molecule has 1 heterocycles. The molecular weight excluding hydrogens is 249 g/mol. The summed E-state index contributed by atoms with van der Waals surface area (Å²) in [4.78, 5) is 2.00. The zero-order valence-electron chi connectivity index (χ0n) is 10.6. The molecule has 4 N–H and O–H groups in total. The summed E-state index contributed by atoms with van der Waals surface area (Å²) in [7, 11) is 0. The molecule has 1 aliphatic heterocycles. The third-order valence-corrected chi connectivity index (χ3v) is 3.49. The minimum absolute atomic E-state index is 0.00976. The number of piperidine rings is 1. The molecule has 0 spiro atoms. The Bertz CT molecular complexity index is 479. The number of nitrogens with zero attached hydrogens (tertiary/aromatic N) is 2. The number of halogens is 1. The van der Waals surface area contributed by atoms with Crippen molar-refractivity contribution >= 4 is 11.5 Å². The minimum Gasteiger partial charge on any atom is -0.409 e. The van der Waals surface area contributed by atoms with Gasteiger partial charge < -0.3 is 20.9 Å². The first-order chi connectivity index (χ1) is 9.17. The lowest BCUT2D eigenvalue weighted by molar-refractivity contribution is 0.240. The van der Waals surface area contributed by atoms with Gasteiger partial charge in [0.05, 0.1) is 12.6 Å². The summed E-state index contributed by atoms with van der Waals surface area (Å²) in [6.45, 7) is 0.801. The van der Waals surface area contributed by atoms with E-state index in [1.807, 2.05) is 4.90 Å². The number of hydrogen-bond acceptors (Lipinski definition) is 4. The van der Waals surface area contributed by atoms with Crippen molar-refractivity contribution in [3.8, 4) is 0 Å². The Balaban J connectivity index is 2.42. The lowest BCUT2D eigenvalue weighted by Gasteiger charge is -2.37. The van der Waals surface area contributed by atoms with Gasteiger partial charge in [-0.25, -0.2) is 4.39 Å². The molecule has 1 unspecified atom stereocenters. The molecule has 104 valence electrons. The van der Waals surface area contributed by atoms with Crippen molar-refractivity contribution in [1.82, 2.24) is 0 Å². The van der Waals surface area contributed by atoms with E-state index in [-0.39, 0.29) is 18.5 Å². The van der Waals surface area contributed by atoms with Gasteiger partial charge in [-0.3, -0.25) is 0 Å². The van der Waals surface area contributed by atoms with Crippen LogP contribution in [0, 0.1) is 5.82 Å². The third-order valence-electron chi connectivity index (χ3n) is 3.49. The second kappa shape index (κ2) is 5.88. The van der Waals surface area contributed by atoms with E-state index in [2.05, 4.69) is 5.16 Å². The Labute approximate surface area is 111 Å². The van der Waals surface area contributed by atoms with E-state index in [9.17, 15) is 9.50 Å². The summed E-state index contributed by atoms with van der Waals surface area (Å²) < 4.78 is 13.3. The predicted octanol–water partition coefficient (Wildman–Crippen LogP) is 1.27. The van der Waals surface area contributed by atoms with Crippen molar-refractivity contribution in [2.45, 2.75) is 25.3 Å². The van der Waals surface area contributed by atoms with Crippen LogP contribution >= 0.6 is 0 Å². The molecule has 0 amide bonds. The highest BCUT2D eigenvalue weighted by Crippen LogP contribution is 2.28. The van der Waals surface area contributed by atoms with Gasteiger partial charge >= 0.3 is 0 Å². The largest absolute Gasteiger partial charge is 0.409 e. The monoisotopic (exact) mass is 267 g/mol. The molecular formula is C13H18FN3O2. The van der Waals surface area contributed by atoms with Crippen molar-refractivity contribution in [2.75, 3.05) is 18.1 Å². The fraction of sp³-hybridized carbons (Fsp3) is 0.462. The number of nitrogens with two attached hydrogens (primary N) is 1. The smallest absolute Gasteiger partial charge is 0.172 e. The molecule has 1 saturated heterocycles. The fourth-order valence-electron chi connectivity index (χ4n) is 2.53. The van der Waals surface area contributed by atoms with Crippen molar-refractivity contribution < 1.29 is 14.7 Å². The zero-order chi connectivity index (χ0) is 13.8. The van der Waals surface area contributed by atoms with Crippen LogP contribution in [-0.2, 0) is 0 Å². The number of amidine groups is 1. The Morgan fingerprint density at radius 1 is 1.47 bits per heavy atom. The normalized spacial score (nSPS) is 20.6. The maximum absolute atomic E-state index is 13.3. The minimum atomic E-state index is -0.442. The van der Waals surface area contributed by atoms with Crippen LogP contribution < -0.4 is 10.6 Å². The number of oxime groups is 1. The van der Waals surface area contributed by atoms with Crippen LogP contribution in [0.4, 0.5) is 10.1 Å². The SMILES string of the molecule is NC(=NO)c1cc(F)ccc1N1CCCCC1CO. The Kier molecular flexibility index (Phi) is 4.21. The molecule has 2 rings (SSSR count). The molecule has 1 atom stereocenters. The van der Waals surface area contributed by atoms with Gasteiger partial charge in [0.15, 0.2) is 5.84 Å². The molecule has 6 heteroatoms. The van der Waals surface area contributed by atoms with Gasteiger partial charge in [0.2, 0.25) is 0 Å². The molecule has 1 fully saturated rings. The van der Waals surface area contributed by atoms with Gasteiger partial charge in [-0.05, 0) is 37.5 Å². The van der Waals surface area contributed by atoms with Crippen molar-refractivity contribution in [3.63, 3.8) is 0 Å². The summed E-state index contributed by atoms with van der Waals surface area (Å²) in [6.07, 6.45) is 2.94. The first-order valence-electron chi connectivity index (χ1n) is 6.32. The highest BCUT2D eigenvalue weighted by molar-refractivity contribution is 6.02. The second-order valence-electron chi connectivity index (χ2n) is 4.67. The number of anilines is 1. The molecule has 0 radical (unpaired) electrons. The van der Waals surface area contributed by atoms with Crippen LogP contribution in [0.1, 0.15) is 24.8 Å². The van der Waals surface area contributed by atoms with E-state index in [0.717, 1.165) is 25.8 Å². The van der Waals surface area contributed by atoms with Crippen molar-refractivity contribution in [1.29, 1.82) is 0 Å². The first kappa shape index (κ1) is 13.6. The maximum atomic E-state index is 13.3. The van der Waals surface area contributed by atoms with Crippen LogP contribution in [0.15, 0.2) is 23.4 Å². The average molecular weight is 267 g/mol. The molecule has 5 nitrogen and oxygen atoms in total. The third kappa shape index (κ3) is 2.78. The van der Waals surface area contributed by atoms with Crippen LogP contribution in [0.2, 0.25) is 0 Å². The van der Waals surface area contributed by atoms with Crippen molar-refractivity contribution in [2.24, 2.45) is 10.9 Å². The number of hydrogen-bond donors (Lipinski definition) is 3. The Hall–Kier alpha value is -1.82. The standard InChI is InChI=1S/C13H18FN3O2/c14-9-4-5-12(11(7-9)13(15)16-19)17-6-2-1-3-10(17)8-18/h4-5,7,10,18-19H,1-3,6,8H2,(H2,15,16). The Morgan fingerprint density at radius 3 is 2.95 bits per heavy atom. The number of aliphatic hydroxyl groups excluding tert-OH is 1. The van der Waals surface area contributed by atoms with Crippen LogP contribution in [-0.4, -0.2) is 35.3 Å². The predicted molar refractivity (Wildman–Crippen MR) is 71.0 cm³/mol. The van der Waals surface area contributed by atoms with E-state index in [4.69, 9.17) is 10.9 Å². The molecule has 0 aliphatic carbocycles. The molecule has 0 saturated carbocycles. The first-order valence-corrected chi connectivity index (χ1v) is 6.32. The van der Waals surface area contributed by atoms with Gasteiger partial charge in [0.1, 0.15) is 5.82 Å². The van der Waals surface area contributed by atoms with E-state index >= 15 is 0 Å². The van der Waals surface area contributed by atoms with Crippen LogP contribution in [0.5, 0.6) is 0 Å². The van der Waals surface area contributed by atoms with Gasteiger partial charge in [-0.2, -0.15) is 0 Å². The molecule has 19 heavy (non-hydrogen) atoms. The summed E-state index contributed by atoms with van der Waals surface area (Å²) >= 11 is 0. The van der Waals surface area contributed by atoms with E-state index < -0.39 is 5.82 Å². The van der Waals surface area contributed by atoms with E-state index in [1.54, 1.807) is 6.07 Å². The van der Waals surface area contributed by atoms with Gasteiger partial charge in [-0.1, -0.05) is 5.16 Å². The van der Waals surface area contributed by atoms with Gasteiger partial charge in [0, 0.05) is 17.8 Å². The summed E-state index contributed by atoms with van der Waals surface area (Å²) in [5.41, 5.74) is 6.64. The van der Waals surface area contributed by atoms with Crippen molar-refractivity contribution in [3.05, 3.63) is 29.6 Å². The summed E-state index contributed by atoms with van der Waals surface area (Å²) in [5, 5.41) is 21.2. The molecule has 1 aliphatic rings. The molecule has 0 bridgehead atoms. The molecule has 0 aromatic heterocycles. The quantitative estimate of drug-likeness (QED) is 0.333. The zero-order valence-corrected chi connectivity index (χ0v) is 10.6. The number of aliphatic hydroxyl groups is 1. The number of benzene rings is 1. The van der Waals surface area contributed by atoms with Gasteiger partial charge in [-0.15, -0.1) is 0 Å². The van der Waals surface area contributed by atoms with E-state index in [1.165, 1.54) is 12.1 Å². The molecule has 1 aromatic rings. The second-order valence-corrected chi connectivity index (χ2v) is 4.67. The lowest BCUT2D eigenvalue weighted by Crippen LogP contribution is -2.43. The topological polar surface area (TPSA) is 82.1 Å². The lowest BCUT2D eigenvalue weighted by atomic mass is 10.00. The fourth-order valence-corrected chi connectivity index (χ4v) is 2.53. The van der Waals surface area contributed by atoms with Crippen LogP contribution in [0.25, 0.3) is 0 Å². The van der Waals surface area contributed by atoms with Gasteiger partial charge in [0.25, 0.3) is 0 Å². The number of rotatable bonds is 3.